The minimum Gasteiger partial charge on any atom is -0.379 e. The normalized spacial score (nSPS) is 21.5. The van der Waals surface area contributed by atoms with Crippen LogP contribution in [0.1, 0.15) is 16.1 Å². The van der Waals surface area contributed by atoms with Gasteiger partial charge in [0.15, 0.2) is 0 Å². The number of carbonyl (C=O) groups excluding carboxylic acids is 1. The van der Waals surface area contributed by atoms with Crippen molar-refractivity contribution in [2.24, 2.45) is 0 Å². The van der Waals surface area contributed by atoms with Crippen molar-refractivity contribution >= 4 is 29.0 Å². The van der Waals surface area contributed by atoms with E-state index in [9.17, 15) is 4.79 Å². The number of aromatic nitrogens is 1. The largest absolute Gasteiger partial charge is 0.379 e. The van der Waals surface area contributed by atoms with Gasteiger partial charge in [-0.2, -0.15) is 11.8 Å². The number of thiazole rings is 1. The number of benzene rings is 2. The number of morpholine rings is 1. The highest BCUT2D eigenvalue weighted by molar-refractivity contribution is 7.99. The molecule has 2 fully saturated rings. The van der Waals surface area contributed by atoms with Crippen LogP contribution < -0.4 is 5.32 Å². The first kappa shape index (κ1) is 21.6. The summed E-state index contributed by atoms with van der Waals surface area (Å²) in [7, 11) is 0. The van der Waals surface area contributed by atoms with E-state index in [1.54, 1.807) is 0 Å². The Labute approximate surface area is 197 Å². The molecule has 3 heterocycles. The van der Waals surface area contributed by atoms with E-state index in [0.29, 0.717) is 11.4 Å². The third kappa shape index (κ3) is 4.48. The maximum atomic E-state index is 13.5. The average molecular weight is 466 g/mol. The molecule has 2 aromatic carbocycles. The molecule has 166 valence electrons. The Bertz CT molecular complexity index is 1040. The van der Waals surface area contributed by atoms with Gasteiger partial charge in [0.2, 0.25) is 0 Å². The molecule has 0 aliphatic carbocycles. The van der Waals surface area contributed by atoms with Gasteiger partial charge in [-0.05, 0) is 12.2 Å². The Morgan fingerprint density at radius 1 is 1.03 bits per heavy atom. The van der Waals surface area contributed by atoms with E-state index >= 15 is 0 Å². The average Bonchev–Trinajstić information content (AvgIpc) is 3.53. The lowest BCUT2D eigenvalue weighted by Gasteiger charge is -2.43. The van der Waals surface area contributed by atoms with E-state index in [1.807, 2.05) is 72.4 Å². The zero-order chi connectivity index (χ0) is 21.8. The van der Waals surface area contributed by atoms with Gasteiger partial charge in [0.05, 0.1) is 18.9 Å². The van der Waals surface area contributed by atoms with Gasteiger partial charge in [-0.25, -0.2) is 4.98 Å². The van der Waals surface area contributed by atoms with Crippen molar-refractivity contribution in [2.75, 3.05) is 44.4 Å². The van der Waals surface area contributed by atoms with Crippen LogP contribution in [-0.2, 0) is 4.74 Å². The molecule has 3 aromatic rings. The fraction of sp³-hybridized carbons (Fsp3) is 0.360. The van der Waals surface area contributed by atoms with Crippen molar-refractivity contribution < 1.29 is 9.53 Å². The van der Waals surface area contributed by atoms with Crippen molar-refractivity contribution in [2.45, 2.75) is 12.0 Å². The summed E-state index contributed by atoms with van der Waals surface area (Å²) >= 11 is 3.45. The second-order valence-corrected chi connectivity index (χ2v) is 10.3. The number of nitrogens with zero attached hydrogens (tertiary/aromatic N) is 2. The number of rotatable bonds is 6. The van der Waals surface area contributed by atoms with E-state index in [-0.39, 0.29) is 11.4 Å². The molecule has 0 spiro atoms. The van der Waals surface area contributed by atoms with Crippen molar-refractivity contribution in [1.29, 1.82) is 0 Å². The van der Waals surface area contributed by atoms with Crippen molar-refractivity contribution in [1.82, 2.24) is 15.2 Å². The molecular weight excluding hydrogens is 438 g/mol. The summed E-state index contributed by atoms with van der Waals surface area (Å²) in [5.41, 5.74) is 2.78. The molecule has 1 unspecified atom stereocenters. The Hall–Kier alpha value is -2.19. The van der Waals surface area contributed by atoms with Gasteiger partial charge in [-0.15, -0.1) is 11.3 Å². The van der Waals surface area contributed by atoms with Gasteiger partial charge in [0, 0.05) is 42.1 Å². The van der Waals surface area contributed by atoms with E-state index in [1.165, 1.54) is 11.3 Å². The van der Waals surface area contributed by atoms with Crippen LogP contribution in [0.5, 0.6) is 0 Å². The van der Waals surface area contributed by atoms with Gasteiger partial charge in [-0.1, -0.05) is 60.7 Å². The summed E-state index contributed by atoms with van der Waals surface area (Å²) in [6.45, 7) is 4.07. The SMILES string of the molecule is O=C(NCC1(N2CCOCC2)CCSC1)c1sc(-c2ccccc2)nc1-c1ccccc1. The van der Waals surface area contributed by atoms with E-state index < -0.39 is 0 Å². The number of hydrogen-bond acceptors (Lipinski definition) is 6. The second-order valence-electron chi connectivity index (χ2n) is 8.24. The molecule has 0 bridgehead atoms. The van der Waals surface area contributed by atoms with E-state index in [0.717, 1.165) is 66.1 Å². The highest BCUT2D eigenvalue weighted by Crippen LogP contribution is 2.36. The molecule has 7 heteroatoms. The van der Waals surface area contributed by atoms with E-state index in [4.69, 9.17) is 9.72 Å². The van der Waals surface area contributed by atoms with Crippen LogP contribution in [0.25, 0.3) is 21.8 Å². The van der Waals surface area contributed by atoms with Crippen LogP contribution in [0.2, 0.25) is 0 Å². The fourth-order valence-electron chi connectivity index (χ4n) is 4.43. The molecular formula is C25H27N3O2S2. The predicted molar refractivity (Wildman–Crippen MR) is 132 cm³/mol. The summed E-state index contributed by atoms with van der Waals surface area (Å²) in [6, 6.07) is 20.1. The monoisotopic (exact) mass is 465 g/mol. The molecule has 2 saturated heterocycles. The summed E-state index contributed by atoms with van der Waals surface area (Å²) in [4.78, 5) is 21.6. The van der Waals surface area contributed by atoms with E-state index in [2.05, 4.69) is 10.2 Å². The molecule has 2 aliphatic rings. The van der Waals surface area contributed by atoms with Crippen molar-refractivity contribution in [3.05, 3.63) is 65.5 Å². The molecule has 32 heavy (non-hydrogen) atoms. The maximum absolute atomic E-state index is 13.5. The lowest BCUT2D eigenvalue weighted by molar-refractivity contribution is -0.0129. The molecule has 1 aromatic heterocycles. The smallest absolute Gasteiger partial charge is 0.263 e. The summed E-state index contributed by atoms with van der Waals surface area (Å²) in [6.07, 6.45) is 1.10. The highest BCUT2D eigenvalue weighted by atomic mass is 32.2. The first-order chi connectivity index (χ1) is 15.8. The van der Waals surface area contributed by atoms with Gasteiger partial charge in [0.1, 0.15) is 9.88 Å². The summed E-state index contributed by atoms with van der Waals surface area (Å²) in [5.74, 6) is 2.16. The summed E-state index contributed by atoms with van der Waals surface area (Å²) in [5, 5.41) is 4.16. The Kier molecular flexibility index (Phi) is 6.59. The molecule has 0 radical (unpaired) electrons. The first-order valence-electron chi connectivity index (χ1n) is 11.1. The Balaban J connectivity index is 1.41. The van der Waals surface area contributed by atoms with Gasteiger partial charge < -0.3 is 10.1 Å². The second kappa shape index (κ2) is 9.75. The number of hydrogen-bond donors (Lipinski definition) is 1. The molecule has 5 nitrogen and oxygen atoms in total. The van der Waals surface area contributed by atoms with Crippen LogP contribution in [0.15, 0.2) is 60.7 Å². The predicted octanol–water partition coefficient (Wildman–Crippen LogP) is 4.41. The van der Waals surface area contributed by atoms with Crippen LogP contribution in [-0.4, -0.2) is 65.7 Å². The Morgan fingerprint density at radius 2 is 1.72 bits per heavy atom. The van der Waals surface area contributed by atoms with Crippen LogP contribution in [0.3, 0.4) is 0 Å². The third-order valence-corrected chi connectivity index (χ3v) is 8.58. The standard InChI is InChI=1S/C25H27N3O2S2/c29-23(26-17-25(11-16-31-18-25)28-12-14-30-15-13-28)22-21(19-7-3-1-4-8-19)27-24(32-22)20-9-5-2-6-10-20/h1-10H,11-18H2,(H,26,29). The zero-order valence-electron chi connectivity index (χ0n) is 18.0. The van der Waals surface area contributed by atoms with Crippen molar-refractivity contribution in [3.63, 3.8) is 0 Å². The number of ether oxygens (including phenoxy) is 1. The first-order valence-corrected chi connectivity index (χ1v) is 13.0. The maximum Gasteiger partial charge on any atom is 0.263 e. The van der Waals surface area contributed by atoms with Crippen LogP contribution in [0, 0.1) is 0 Å². The number of thioether (sulfide) groups is 1. The quantitative estimate of drug-likeness (QED) is 0.584. The topological polar surface area (TPSA) is 54.5 Å². The Morgan fingerprint density at radius 3 is 2.38 bits per heavy atom. The van der Waals surface area contributed by atoms with Gasteiger partial charge >= 0.3 is 0 Å². The zero-order valence-corrected chi connectivity index (χ0v) is 19.6. The number of carbonyl (C=O) groups is 1. The summed E-state index contributed by atoms with van der Waals surface area (Å²) < 4.78 is 5.57. The van der Waals surface area contributed by atoms with Gasteiger partial charge in [0.25, 0.3) is 5.91 Å². The highest BCUT2D eigenvalue weighted by Gasteiger charge is 2.41. The molecule has 1 N–H and O–H groups in total. The molecule has 0 saturated carbocycles. The third-order valence-electron chi connectivity index (χ3n) is 6.24. The molecule has 1 atom stereocenters. The molecule has 2 aliphatic heterocycles. The lowest BCUT2D eigenvalue weighted by atomic mass is 9.95. The lowest BCUT2D eigenvalue weighted by Crippen LogP contribution is -2.59. The van der Waals surface area contributed by atoms with Crippen LogP contribution in [0.4, 0.5) is 0 Å². The number of amides is 1. The van der Waals surface area contributed by atoms with Crippen molar-refractivity contribution in [3.8, 4) is 21.8 Å². The minimum absolute atomic E-state index is 0.0178. The van der Waals surface area contributed by atoms with Crippen LogP contribution >= 0.6 is 23.1 Å². The minimum atomic E-state index is -0.0342. The number of nitrogens with one attached hydrogen (secondary N) is 1. The van der Waals surface area contributed by atoms with Gasteiger partial charge in [-0.3, -0.25) is 9.69 Å². The molecule has 1 amide bonds. The fourth-order valence-corrected chi connectivity index (χ4v) is 6.92. The molecule has 5 rings (SSSR count).